The Hall–Kier alpha value is 0.960. The first kappa shape index (κ1) is 13.0. The normalized spacial score (nSPS) is 14.8. The molecule has 0 rings (SSSR count). The highest BCUT2D eigenvalue weighted by atomic mass is 79.9. The van der Waals surface area contributed by atoms with Crippen molar-refractivity contribution in [2.75, 3.05) is 0 Å². The van der Waals surface area contributed by atoms with E-state index >= 15 is 0 Å². The van der Waals surface area contributed by atoms with Gasteiger partial charge in [-0.25, -0.2) is 0 Å². The van der Waals surface area contributed by atoms with E-state index in [1.54, 1.807) is 0 Å². The van der Waals surface area contributed by atoms with Crippen LogP contribution in [0.1, 0.15) is 52.9 Å². The monoisotopic (exact) mass is 298 g/mol. The highest BCUT2D eigenvalue weighted by Gasteiger charge is 2.22. The van der Waals surface area contributed by atoms with Crippen LogP contribution in [0.5, 0.6) is 0 Å². The van der Waals surface area contributed by atoms with Crippen molar-refractivity contribution in [2.24, 2.45) is 0 Å². The lowest BCUT2D eigenvalue weighted by atomic mass is 10.0. The fourth-order valence-corrected chi connectivity index (χ4v) is 1.65. The van der Waals surface area contributed by atoms with Crippen molar-refractivity contribution < 1.29 is 0 Å². The van der Waals surface area contributed by atoms with E-state index in [-0.39, 0.29) is 4.32 Å². The van der Waals surface area contributed by atoms with Crippen LogP contribution >= 0.6 is 31.9 Å². The summed E-state index contributed by atoms with van der Waals surface area (Å²) in [6.45, 7) is 6.68. The lowest BCUT2D eigenvalue weighted by Gasteiger charge is -2.23. The van der Waals surface area contributed by atoms with Gasteiger partial charge in [0.1, 0.15) is 0 Å². The zero-order valence-electron chi connectivity index (χ0n) is 8.37. The van der Waals surface area contributed by atoms with Crippen molar-refractivity contribution in [3.63, 3.8) is 0 Å². The average Bonchev–Trinajstić information content (AvgIpc) is 1.96. The second-order valence-electron chi connectivity index (χ2n) is 3.88. The van der Waals surface area contributed by atoms with Crippen LogP contribution in [0.25, 0.3) is 0 Å². The van der Waals surface area contributed by atoms with Crippen LogP contribution in [-0.2, 0) is 0 Å². The second-order valence-corrected chi connectivity index (χ2v) is 7.03. The summed E-state index contributed by atoms with van der Waals surface area (Å²) < 4.78 is 0.235. The Balaban J connectivity index is 3.38. The van der Waals surface area contributed by atoms with Crippen LogP contribution < -0.4 is 0 Å². The maximum Gasteiger partial charge on any atom is 0.0326 e. The Morgan fingerprint density at radius 3 is 2.17 bits per heavy atom. The van der Waals surface area contributed by atoms with Gasteiger partial charge in [-0.1, -0.05) is 64.5 Å². The summed E-state index contributed by atoms with van der Waals surface area (Å²) in [5.41, 5.74) is 0. The third-order valence-electron chi connectivity index (χ3n) is 2.06. The molecule has 0 N–H and O–H groups in total. The molecule has 0 heterocycles. The highest BCUT2D eigenvalue weighted by Crippen LogP contribution is 2.30. The van der Waals surface area contributed by atoms with Crippen molar-refractivity contribution in [2.45, 2.75) is 62.0 Å². The molecule has 0 saturated heterocycles. The number of rotatable bonds is 6. The fourth-order valence-electron chi connectivity index (χ4n) is 1.09. The first-order chi connectivity index (χ1) is 5.48. The van der Waals surface area contributed by atoms with E-state index in [0.717, 1.165) is 0 Å². The number of unbranched alkanes of at least 4 members (excludes halogenated alkanes) is 3. The van der Waals surface area contributed by atoms with Gasteiger partial charge in [-0.3, -0.25) is 0 Å². The van der Waals surface area contributed by atoms with Crippen molar-refractivity contribution in [3.8, 4) is 0 Å². The summed E-state index contributed by atoms with van der Waals surface area (Å²) >= 11 is 7.37. The minimum absolute atomic E-state index is 0.235. The first-order valence-electron chi connectivity index (χ1n) is 4.81. The summed E-state index contributed by atoms with van der Waals surface area (Å²) in [5.74, 6) is 0. The van der Waals surface area contributed by atoms with Gasteiger partial charge in [0, 0.05) is 9.15 Å². The van der Waals surface area contributed by atoms with Crippen LogP contribution in [0.4, 0.5) is 0 Å². The molecule has 74 valence electrons. The molecule has 2 heteroatoms. The highest BCUT2D eigenvalue weighted by molar-refractivity contribution is 9.12. The number of hydrogen-bond acceptors (Lipinski definition) is 0. The molecule has 0 saturated carbocycles. The summed E-state index contributed by atoms with van der Waals surface area (Å²) in [7, 11) is 0. The SMILES string of the molecule is CCCCCCC(Br)C(C)(C)Br. The van der Waals surface area contributed by atoms with Crippen molar-refractivity contribution >= 4 is 31.9 Å². The van der Waals surface area contributed by atoms with Gasteiger partial charge in [-0.05, 0) is 20.3 Å². The molecule has 0 aliphatic rings. The lowest BCUT2D eigenvalue weighted by molar-refractivity contribution is 0.574. The lowest BCUT2D eigenvalue weighted by Crippen LogP contribution is -2.23. The van der Waals surface area contributed by atoms with E-state index < -0.39 is 0 Å². The molecule has 0 aliphatic heterocycles. The van der Waals surface area contributed by atoms with Crippen molar-refractivity contribution in [1.82, 2.24) is 0 Å². The quantitative estimate of drug-likeness (QED) is 0.484. The summed E-state index contributed by atoms with van der Waals surface area (Å²) in [6, 6.07) is 0. The minimum atomic E-state index is 0.235. The molecule has 0 aromatic rings. The van der Waals surface area contributed by atoms with Crippen LogP contribution in [-0.4, -0.2) is 9.15 Å². The Kier molecular flexibility index (Phi) is 6.93. The summed E-state index contributed by atoms with van der Waals surface area (Å²) in [4.78, 5) is 0.599. The Labute approximate surface area is 93.8 Å². The first-order valence-corrected chi connectivity index (χ1v) is 6.52. The van der Waals surface area contributed by atoms with Gasteiger partial charge in [-0.15, -0.1) is 0 Å². The van der Waals surface area contributed by atoms with E-state index in [1.807, 2.05) is 0 Å². The molecular weight excluding hydrogens is 280 g/mol. The third kappa shape index (κ3) is 6.47. The fraction of sp³-hybridized carbons (Fsp3) is 1.00. The molecule has 0 nitrogen and oxygen atoms in total. The minimum Gasteiger partial charge on any atom is -0.0876 e. The van der Waals surface area contributed by atoms with Gasteiger partial charge < -0.3 is 0 Å². The summed E-state index contributed by atoms with van der Waals surface area (Å²) in [5, 5.41) is 0. The second kappa shape index (κ2) is 6.42. The molecule has 12 heavy (non-hydrogen) atoms. The van der Waals surface area contributed by atoms with E-state index in [0.29, 0.717) is 4.83 Å². The van der Waals surface area contributed by atoms with Crippen LogP contribution in [0.15, 0.2) is 0 Å². The maximum absolute atomic E-state index is 3.70. The molecule has 0 aliphatic carbocycles. The van der Waals surface area contributed by atoms with Gasteiger partial charge in [0.25, 0.3) is 0 Å². The van der Waals surface area contributed by atoms with Crippen LogP contribution in [0, 0.1) is 0 Å². The molecule has 0 fully saturated rings. The van der Waals surface area contributed by atoms with Gasteiger partial charge in [0.15, 0.2) is 0 Å². The predicted octanol–water partition coefficient (Wildman–Crippen LogP) is 4.89. The third-order valence-corrected chi connectivity index (χ3v) is 4.83. The van der Waals surface area contributed by atoms with Gasteiger partial charge in [-0.2, -0.15) is 0 Å². The Morgan fingerprint density at radius 1 is 1.17 bits per heavy atom. The van der Waals surface area contributed by atoms with Crippen LogP contribution in [0.3, 0.4) is 0 Å². The van der Waals surface area contributed by atoms with E-state index in [1.165, 1.54) is 32.1 Å². The van der Waals surface area contributed by atoms with Crippen LogP contribution in [0.2, 0.25) is 0 Å². The van der Waals surface area contributed by atoms with Crippen molar-refractivity contribution in [1.29, 1.82) is 0 Å². The Morgan fingerprint density at radius 2 is 1.75 bits per heavy atom. The van der Waals surface area contributed by atoms with Gasteiger partial charge >= 0.3 is 0 Å². The van der Waals surface area contributed by atoms with Gasteiger partial charge in [0.05, 0.1) is 0 Å². The summed E-state index contributed by atoms with van der Waals surface area (Å²) in [6.07, 6.45) is 6.70. The van der Waals surface area contributed by atoms with E-state index in [4.69, 9.17) is 0 Å². The standard InChI is InChI=1S/C10H20Br2/c1-4-5-6-7-8-9(11)10(2,3)12/h9H,4-8H2,1-3H3. The molecule has 0 aromatic heterocycles. The molecule has 0 radical (unpaired) electrons. The average molecular weight is 300 g/mol. The van der Waals surface area contributed by atoms with E-state index in [9.17, 15) is 0 Å². The molecule has 0 bridgehead atoms. The molecular formula is C10H20Br2. The molecule has 1 unspecified atom stereocenters. The number of halogens is 2. The molecule has 0 spiro atoms. The van der Waals surface area contributed by atoms with E-state index in [2.05, 4.69) is 52.6 Å². The largest absolute Gasteiger partial charge is 0.0876 e. The zero-order valence-corrected chi connectivity index (χ0v) is 11.5. The predicted molar refractivity (Wildman–Crippen MR) is 64.5 cm³/mol. The maximum atomic E-state index is 3.70. The topological polar surface area (TPSA) is 0 Å². The Bertz CT molecular complexity index is 105. The smallest absolute Gasteiger partial charge is 0.0326 e. The van der Waals surface area contributed by atoms with Crippen molar-refractivity contribution in [3.05, 3.63) is 0 Å². The number of alkyl halides is 2. The molecule has 1 atom stereocenters. The van der Waals surface area contributed by atoms with Gasteiger partial charge in [0.2, 0.25) is 0 Å². The zero-order chi connectivity index (χ0) is 9.61. The number of hydrogen-bond donors (Lipinski definition) is 0. The molecule has 0 amide bonds. The molecule has 0 aromatic carbocycles.